The third-order valence-electron chi connectivity index (χ3n) is 3.18. The standard InChI is InChI=1S/C16H25NO2/c1-15(2,3)11-8-12(16(4,5)6)14(19-10-18)9-13(11)17-7/h8-10,17H,1-7H3. The van der Waals surface area contributed by atoms with E-state index in [0.717, 1.165) is 11.3 Å². The first-order chi connectivity index (χ1) is 8.61. The van der Waals surface area contributed by atoms with Gasteiger partial charge in [-0.3, -0.25) is 4.79 Å². The molecule has 0 radical (unpaired) electrons. The van der Waals surface area contributed by atoms with E-state index < -0.39 is 0 Å². The Kier molecular flexibility index (Phi) is 4.28. The second-order valence-electron chi connectivity index (χ2n) is 6.86. The third-order valence-corrected chi connectivity index (χ3v) is 3.18. The maximum atomic E-state index is 10.7. The van der Waals surface area contributed by atoms with E-state index in [-0.39, 0.29) is 10.8 Å². The SMILES string of the molecule is CNc1cc(OC=O)c(C(C)(C)C)cc1C(C)(C)C. The van der Waals surface area contributed by atoms with Crippen molar-refractivity contribution in [2.24, 2.45) is 0 Å². The molecule has 19 heavy (non-hydrogen) atoms. The highest BCUT2D eigenvalue weighted by molar-refractivity contribution is 5.63. The zero-order valence-electron chi connectivity index (χ0n) is 13.0. The highest BCUT2D eigenvalue weighted by atomic mass is 16.5. The molecule has 0 aliphatic carbocycles. The molecule has 3 nitrogen and oxygen atoms in total. The fourth-order valence-electron chi connectivity index (χ4n) is 2.14. The van der Waals surface area contributed by atoms with Crippen LogP contribution in [0.4, 0.5) is 5.69 Å². The molecule has 0 amide bonds. The second-order valence-corrected chi connectivity index (χ2v) is 6.86. The van der Waals surface area contributed by atoms with Gasteiger partial charge in [0, 0.05) is 24.4 Å². The molecule has 3 heteroatoms. The van der Waals surface area contributed by atoms with Crippen LogP contribution in [0.5, 0.6) is 5.75 Å². The van der Waals surface area contributed by atoms with Gasteiger partial charge in [-0.2, -0.15) is 0 Å². The maximum Gasteiger partial charge on any atom is 0.298 e. The third kappa shape index (κ3) is 3.49. The van der Waals surface area contributed by atoms with E-state index in [4.69, 9.17) is 4.74 Å². The number of hydrogen-bond acceptors (Lipinski definition) is 3. The number of carbonyl (C=O) groups is 1. The molecular formula is C16H25NO2. The predicted molar refractivity (Wildman–Crippen MR) is 80.1 cm³/mol. The Bertz CT molecular complexity index is 465. The number of benzene rings is 1. The van der Waals surface area contributed by atoms with Gasteiger partial charge in [0.25, 0.3) is 6.47 Å². The van der Waals surface area contributed by atoms with Crippen molar-refractivity contribution in [2.75, 3.05) is 12.4 Å². The minimum absolute atomic E-state index is 0.0258. The van der Waals surface area contributed by atoms with Crippen molar-refractivity contribution in [1.82, 2.24) is 0 Å². The zero-order chi connectivity index (χ0) is 14.8. The van der Waals surface area contributed by atoms with Gasteiger partial charge in [0.2, 0.25) is 0 Å². The van der Waals surface area contributed by atoms with Gasteiger partial charge >= 0.3 is 0 Å². The smallest absolute Gasteiger partial charge is 0.298 e. The average Bonchev–Trinajstić information content (AvgIpc) is 2.25. The summed E-state index contributed by atoms with van der Waals surface area (Å²) in [7, 11) is 1.88. The fourth-order valence-corrected chi connectivity index (χ4v) is 2.14. The molecule has 0 aliphatic rings. The van der Waals surface area contributed by atoms with Crippen LogP contribution >= 0.6 is 0 Å². The number of ether oxygens (including phenoxy) is 1. The fraction of sp³-hybridized carbons (Fsp3) is 0.562. The van der Waals surface area contributed by atoms with Crippen LogP contribution in [-0.2, 0) is 15.6 Å². The molecule has 0 aromatic heterocycles. The van der Waals surface area contributed by atoms with Gasteiger partial charge in [-0.25, -0.2) is 0 Å². The summed E-state index contributed by atoms with van der Waals surface area (Å²) in [4.78, 5) is 10.7. The van der Waals surface area contributed by atoms with Crippen LogP contribution in [-0.4, -0.2) is 13.5 Å². The largest absolute Gasteiger partial charge is 0.428 e. The summed E-state index contributed by atoms with van der Waals surface area (Å²) < 4.78 is 5.15. The van der Waals surface area contributed by atoms with Gasteiger partial charge in [0.1, 0.15) is 5.75 Å². The Morgan fingerprint density at radius 1 is 1.00 bits per heavy atom. The lowest BCUT2D eigenvalue weighted by atomic mass is 9.79. The molecule has 0 unspecified atom stereocenters. The summed E-state index contributed by atoms with van der Waals surface area (Å²) in [6.45, 7) is 13.4. The number of anilines is 1. The number of nitrogens with one attached hydrogen (secondary N) is 1. The molecule has 106 valence electrons. The molecule has 0 saturated heterocycles. The normalized spacial score (nSPS) is 12.2. The molecule has 0 bridgehead atoms. The molecular weight excluding hydrogens is 238 g/mol. The first-order valence-electron chi connectivity index (χ1n) is 6.58. The van der Waals surface area contributed by atoms with Crippen LogP contribution in [0.1, 0.15) is 52.7 Å². The van der Waals surface area contributed by atoms with E-state index in [1.54, 1.807) is 0 Å². The van der Waals surface area contributed by atoms with E-state index in [0.29, 0.717) is 12.2 Å². The van der Waals surface area contributed by atoms with Crippen LogP contribution in [0.25, 0.3) is 0 Å². The predicted octanol–water partition coefficient (Wildman–Crippen LogP) is 3.86. The van der Waals surface area contributed by atoms with Crippen molar-refractivity contribution in [3.8, 4) is 5.75 Å². The molecule has 0 atom stereocenters. The quantitative estimate of drug-likeness (QED) is 0.842. The highest BCUT2D eigenvalue weighted by Gasteiger charge is 2.25. The number of hydrogen-bond donors (Lipinski definition) is 1. The van der Waals surface area contributed by atoms with Crippen molar-refractivity contribution in [3.63, 3.8) is 0 Å². The molecule has 1 aromatic carbocycles. The number of carbonyl (C=O) groups excluding carboxylic acids is 1. The van der Waals surface area contributed by atoms with Gasteiger partial charge in [0.05, 0.1) is 0 Å². The summed E-state index contributed by atoms with van der Waals surface area (Å²) in [5, 5.41) is 3.18. The van der Waals surface area contributed by atoms with Gasteiger partial charge in [0.15, 0.2) is 0 Å². The minimum atomic E-state index is -0.0788. The van der Waals surface area contributed by atoms with Crippen LogP contribution in [0.3, 0.4) is 0 Å². The van der Waals surface area contributed by atoms with Crippen LogP contribution in [0, 0.1) is 0 Å². The Balaban J connectivity index is 3.56. The van der Waals surface area contributed by atoms with Gasteiger partial charge in [-0.1, -0.05) is 41.5 Å². The van der Waals surface area contributed by atoms with E-state index in [9.17, 15) is 4.79 Å². The Morgan fingerprint density at radius 2 is 1.53 bits per heavy atom. The van der Waals surface area contributed by atoms with E-state index in [1.165, 1.54) is 5.56 Å². The van der Waals surface area contributed by atoms with Gasteiger partial charge < -0.3 is 10.1 Å². The van der Waals surface area contributed by atoms with E-state index >= 15 is 0 Å². The summed E-state index contributed by atoms with van der Waals surface area (Å²) >= 11 is 0. The molecule has 1 rings (SSSR count). The first-order valence-corrected chi connectivity index (χ1v) is 6.58. The Morgan fingerprint density at radius 3 is 1.89 bits per heavy atom. The van der Waals surface area contributed by atoms with E-state index in [2.05, 4.69) is 52.9 Å². The van der Waals surface area contributed by atoms with Crippen LogP contribution in [0.15, 0.2) is 12.1 Å². The van der Waals surface area contributed by atoms with Crippen LogP contribution < -0.4 is 10.1 Å². The highest BCUT2D eigenvalue weighted by Crippen LogP contribution is 2.39. The molecule has 0 fully saturated rings. The topological polar surface area (TPSA) is 38.3 Å². The number of rotatable bonds is 3. The minimum Gasteiger partial charge on any atom is -0.428 e. The lowest BCUT2D eigenvalue weighted by Gasteiger charge is -2.28. The first kappa shape index (κ1) is 15.5. The van der Waals surface area contributed by atoms with Gasteiger partial charge in [-0.15, -0.1) is 0 Å². The van der Waals surface area contributed by atoms with Crippen molar-refractivity contribution >= 4 is 12.2 Å². The molecule has 0 spiro atoms. The van der Waals surface area contributed by atoms with E-state index in [1.807, 2.05) is 13.1 Å². The molecule has 1 aromatic rings. The maximum absolute atomic E-state index is 10.7. The Labute approximate surface area is 116 Å². The van der Waals surface area contributed by atoms with Crippen molar-refractivity contribution in [2.45, 2.75) is 52.4 Å². The summed E-state index contributed by atoms with van der Waals surface area (Å²) in [6, 6.07) is 4.06. The summed E-state index contributed by atoms with van der Waals surface area (Å²) in [6.07, 6.45) is 0. The van der Waals surface area contributed by atoms with Crippen molar-refractivity contribution < 1.29 is 9.53 Å². The molecule has 0 aliphatic heterocycles. The molecule has 0 saturated carbocycles. The second kappa shape index (κ2) is 5.24. The summed E-state index contributed by atoms with van der Waals surface area (Å²) in [5.41, 5.74) is 3.21. The molecule has 0 heterocycles. The Hall–Kier alpha value is -1.51. The lowest BCUT2D eigenvalue weighted by Crippen LogP contribution is -2.19. The van der Waals surface area contributed by atoms with Crippen molar-refractivity contribution in [1.29, 1.82) is 0 Å². The van der Waals surface area contributed by atoms with Crippen molar-refractivity contribution in [3.05, 3.63) is 23.3 Å². The average molecular weight is 263 g/mol. The lowest BCUT2D eigenvalue weighted by molar-refractivity contribution is -0.120. The molecule has 1 N–H and O–H groups in total. The zero-order valence-corrected chi connectivity index (χ0v) is 13.0. The monoisotopic (exact) mass is 263 g/mol. The van der Waals surface area contributed by atoms with Crippen LogP contribution in [0.2, 0.25) is 0 Å². The van der Waals surface area contributed by atoms with Gasteiger partial charge in [-0.05, 0) is 22.5 Å². The summed E-state index contributed by atoms with van der Waals surface area (Å²) in [5.74, 6) is 0.625.